The third-order valence-electron chi connectivity index (χ3n) is 6.18. The van der Waals surface area contributed by atoms with E-state index < -0.39 is 5.91 Å². The maximum atomic E-state index is 13.5. The van der Waals surface area contributed by atoms with E-state index in [4.69, 9.17) is 4.42 Å². The molecule has 3 aromatic carbocycles. The Kier molecular flexibility index (Phi) is 5.23. The van der Waals surface area contributed by atoms with E-state index in [9.17, 15) is 14.4 Å². The molecule has 0 aliphatic rings. The summed E-state index contributed by atoms with van der Waals surface area (Å²) in [7, 11) is 0. The molecular formula is C28H19N5O4. The number of H-pyrrole nitrogens is 1. The van der Waals surface area contributed by atoms with Gasteiger partial charge in [0.2, 0.25) is 0 Å². The van der Waals surface area contributed by atoms with E-state index in [1.165, 1.54) is 17.2 Å². The summed E-state index contributed by atoms with van der Waals surface area (Å²) in [6.45, 7) is 1.71. The maximum Gasteiger partial charge on any atom is 0.261 e. The Morgan fingerprint density at radius 3 is 2.57 bits per heavy atom. The molecule has 6 rings (SSSR count). The summed E-state index contributed by atoms with van der Waals surface area (Å²) in [5.41, 5.74) is 2.42. The van der Waals surface area contributed by atoms with Crippen LogP contribution in [0, 0.1) is 6.92 Å². The van der Waals surface area contributed by atoms with Crippen molar-refractivity contribution in [3.05, 3.63) is 117 Å². The predicted molar refractivity (Wildman–Crippen MR) is 140 cm³/mol. The number of amides is 1. The molecule has 0 aliphatic heterocycles. The first-order valence-electron chi connectivity index (χ1n) is 11.5. The highest BCUT2D eigenvalue weighted by Gasteiger charge is 2.20. The van der Waals surface area contributed by atoms with Crippen molar-refractivity contribution < 1.29 is 9.21 Å². The Bertz CT molecular complexity index is 1940. The van der Waals surface area contributed by atoms with E-state index in [-0.39, 0.29) is 22.1 Å². The highest BCUT2D eigenvalue weighted by molar-refractivity contribution is 6.12. The zero-order valence-corrected chi connectivity index (χ0v) is 19.6. The second-order valence-corrected chi connectivity index (χ2v) is 8.43. The van der Waals surface area contributed by atoms with Gasteiger partial charge in [0.05, 0.1) is 34.8 Å². The molecule has 0 bridgehead atoms. The molecule has 9 heteroatoms. The van der Waals surface area contributed by atoms with Crippen molar-refractivity contribution in [3.8, 4) is 17.0 Å². The molecule has 0 aliphatic carbocycles. The van der Waals surface area contributed by atoms with Gasteiger partial charge in [-0.2, -0.15) is 5.10 Å². The van der Waals surface area contributed by atoms with E-state index in [1.54, 1.807) is 49.4 Å². The average molecular weight is 489 g/mol. The van der Waals surface area contributed by atoms with E-state index in [2.05, 4.69) is 20.4 Å². The minimum atomic E-state index is -0.466. The fourth-order valence-electron chi connectivity index (χ4n) is 4.34. The largest absolute Gasteiger partial charge is 0.455 e. The molecule has 0 atom stereocenters. The second kappa shape index (κ2) is 8.72. The number of fused-ring (bicyclic) bond motifs is 2. The molecule has 37 heavy (non-hydrogen) atoms. The lowest BCUT2D eigenvalue weighted by molar-refractivity contribution is 0.102. The standard InChI is InChI=1S/C28H19N5O4/c1-16-23(34)18-10-7-11-19(25(18)37-24(16)17-8-3-2-4-9-17)28(36)32-21-12-5-6-13-22(21)33-26-20(14-31-33)27(35)30-15-29-26/h2-15H,1H3,(H,32,36)(H,29,30,35). The van der Waals surface area contributed by atoms with Gasteiger partial charge in [0.25, 0.3) is 11.5 Å². The first kappa shape index (κ1) is 22.2. The van der Waals surface area contributed by atoms with Gasteiger partial charge in [-0.3, -0.25) is 14.4 Å². The van der Waals surface area contributed by atoms with Crippen LogP contribution in [0.5, 0.6) is 0 Å². The van der Waals surface area contributed by atoms with Crippen LogP contribution in [0.4, 0.5) is 5.69 Å². The van der Waals surface area contributed by atoms with Gasteiger partial charge in [0.1, 0.15) is 11.1 Å². The number of anilines is 1. The predicted octanol–water partition coefficient (Wildman–Crippen LogP) is 4.44. The Labute approximate surface area is 209 Å². The fraction of sp³-hybridized carbons (Fsp3) is 0.0357. The number of nitrogens with zero attached hydrogens (tertiary/aromatic N) is 3. The molecule has 3 heterocycles. The van der Waals surface area contributed by atoms with Crippen LogP contribution in [0.25, 0.3) is 39.0 Å². The quantitative estimate of drug-likeness (QED) is 0.377. The number of aromatic amines is 1. The number of rotatable bonds is 4. The molecule has 2 N–H and O–H groups in total. The Morgan fingerprint density at radius 1 is 0.946 bits per heavy atom. The lowest BCUT2D eigenvalue weighted by Crippen LogP contribution is -2.16. The molecule has 0 fully saturated rings. The lowest BCUT2D eigenvalue weighted by Gasteiger charge is -2.13. The summed E-state index contributed by atoms with van der Waals surface area (Å²) in [4.78, 5) is 45.6. The van der Waals surface area contributed by atoms with Crippen LogP contribution in [0.2, 0.25) is 0 Å². The zero-order valence-electron chi connectivity index (χ0n) is 19.6. The van der Waals surface area contributed by atoms with Crippen LogP contribution in [0.1, 0.15) is 15.9 Å². The smallest absolute Gasteiger partial charge is 0.261 e. The normalized spacial score (nSPS) is 11.2. The maximum absolute atomic E-state index is 13.5. The molecule has 3 aromatic heterocycles. The fourth-order valence-corrected chi connectivity index (χ4v) is 4.34. The summed E-state index contributed by atoms with van der Waals surface area (Å²) < 4.78 is 7.68. The Morgan fingerprint density at radius 2 is 1.73 bits per heavy atom. The van der Waals surface area contributed by atoms with Gasteiger partial charge in [-0.25, -0.2) is 9.67 Å². The molecule has 6 aromatic rings. The van der Waals surface area contributed by atoms with E-state index in [0.717, 1.165) is 5.56 Å². The third-order valence-corrected chi connectivity index (χ3v) is 6.18. The van der Waals surface area contributed by atoms with Crippen LogP contribution in [-0.4, -0.2) is 25.7 Å². The van der Waals surface area contributed by atoms with Gasteiger partial charge >= 0.3 is 0 Å². The van der Waals surface area contributed by atoms with Crippen molar-refractivity contribution in [1.82, 2.24) is 19.7 Å². The average Bonchev–Trinajstić information content (AvgIpc) is 3.36. The number of benzene rings is 3. The summed E-state index contributed by atoms with van der Waals surface area (Å²) in [6.07, 6.45) is 2.72. The van der Waals surface area contributed by atoms with Crippen molar-refractivity contribution in [2.45, 2.75) is 6.92 Å². The SMILES string of the molecule is Cc1c(-c2ccccc2)oc2c(C(=O)Nc3ccccc3-n3ncc4c(=O)[nH]cnc43)cccc2c1=O. The van der Waals surface area contributed by atoms with Gasteiger partial charge < -0.3 is 14.7 Å². The number of para-hydroxylation sites is 3. The Hall–Kier alpha value is -5.31. The lowest BCUT2D eigenvalue weighted by atomic mass is 10.0. The minimum absolute atomic E-state index is 0.199. The molecule has 0 saturated carbocycles. The van der Waals surface area contributed by atoms with E-state index in [0.29, 0.717) is 39.1 Å². The van der Waals surface area contributed by atoms with Crippen LogP contribution >= 0.6 is 0 Å². The molecule has 0 radical (unpaired) electrons. The first-order chi connectivity index (χ1) is 18.0. The minimum Gasteiger partial charge on any atom is -0.455 e. The van der Waals surface area contributed by atoms with Crippen LogP contribution < -0.4 is 16.3 Å². The van der Waals surface area contributed by atoms with Gasteiger partial charge in [0.15, 0.2) is 16.7 Å². The van der Waals surface area contributed by atoms with Gasteiger partial charge in [-0.05, 0) is 31.2 Å². The highest BCUT2D eigenvalue weighted by atomic mass is 16.3. The molecule has 0 spiro atoms. The van der Waals surface area contributed by atoms with E-state index in [1.807, 2.05) is 30.3 Å². The van der Waals surface area contributed by atoms with Crippen LogP contribution in [-0.2, 0) is 0 Å². The van der Waals surface area contributed by atoms with Crippen molar-refractivity contribution in [1.29, 1.82) is 0 Å². The molecular weight excluding hydrogens is 470 g/mol. The number of hydrogen-bond donors (Lipinski definition) is 2. The zero-order chi connectivity index (χ0) is 25.5. The number of hydrogen-bond acceptors (Lipinski definition) is 6. The number of carbonyl (C=O) groups is 1. The number of aromatic nitrogens is 4. The van der Waals surface area contributed by atoms with Crippen molar-refractivity contribution in [3.63, 3.8) is 0 Å². The number of carbonyl (C=O) groups excluding carboxylic acids is 1. The molecule has 0 saturated heterocycles. The second-order valence-electron chi connectivity index (χ2n) is 8.43. The molecule has 180 valence electrons. The van der Waals surface area contributed by atoms with Crippen LogP contribution in [0.3, 0.4) is 0 Å². The summed E-state index contributed by atoms with van der Waals surface area (Å²) in [5, 5.41) is 7.85. The van der Waals surface area contributed by atoms with Gasteiger partial charge in [0, 0.05) is 11.1 Å². The van der Waals surface area contributed by atoms with E-state index >= 15 is 0 Å². The number of nitrogens with one attached hydrogen (secondary N) is 2. The molecule has 1 amide bonds. The molecule has 0 unspecified atom stereocenters. The van der Waals surface area contributed by atoms with Crippen molar-refractivity contribution in [2.24, 2.45) is 0 Å². The summed E-state index contributed by atoms with van der Waals surface area (Å²) >= 11 is 0. The monoisotopic (exact) mass is 489 g/mol. The van der Waals surface area contributed by atoms with Gasteiger partial charge in [-0.1, -0.05) is 48.5 Å². The summed E-state index contributed by atoms with van der Waals surface area (Å²) in [5.74, 6) is -0.0515. The third kappa shape index (κ3) is 3.69. The molecule has 9 nitrogen and oxygen atoms in total. The van der Waals surface area contributed by atoms with Crippen LogP contribution in [0.15, 0.2) is 99.3 Å². The highest BCUT2D eigenvalue weighted by Crippen LogP contribution is 2.28. The van der Waals surface area contributed by atoms with Crippen molar-refractivity contribution >= 4 is 33.6 Å². The van der Waals surface area contributed by atoms with Crippen molar-refractivity contribution in [2.75, 3.05) is 5.32 Å². The first-order valence-corrected chi connectivity index (χ1v) is 11.5. The van der Waals surface area contributed by atoms with Gasteiger partial charge in [-0.15, -0.1) is 0 Å². The topological polar surface area (TPSA) is 123 Å². The summed E-state index contributed by atoms with van der Waals surface area (Å²) in [6, 6.07) is 21.2. The Balaban J connectivity index is 1.46.